The third kappa shape index (κ3) is 2.57. The summed E-state index contributed by atoms with van der Waals surface area (Å²) in [5, 5.41) is 6.68. The van der Waals surface area contributed by atoms with Crippen LogP contribution in [0.3, 0.4) is 0 Å². The first-order valence-corrected chi connectivity index (χ1v) is 9.47. The first kappa shape index (κ1) is 14.8. The van der Waals surface area contributed by atoms with Crippen molar-refractivity contribution in [1.29, 1.82) is 0 Å². The number of sulfone groups is 1. The number of halogens is 1. The molecule has 0 unspecified atom stereocenters. The van der Waals surface area contributed by atoms with Crippen LogP contribution < -0.4 is 0 Å². The zero-order valence-electron chi connectivity index (χ0n) is 12.6. The Hall–Kier alpha value is -1.73. The van der Waals surface area contributed by atoms with Crippen LogP contribution in [0.2, 0.25) is 0 Å². The molecular weight excluding hydrogens is 317 g/mol. The maximum atomic E-state index is 14.0. The molecule has 1 aromatic carbocycles. The first-order chi connectivity index (χ1) is 11.0. The van der Waals surface area contributed by atoms with Gasteiger partial charge in [-0.2, -0.15) is 5.10 Å². The van der Waals surface area contributed by atoms with Crippen molar-refractivity contribution >= 4 is 9.84 Å². The molecule has 2 saturated heterocycles. The summed E-state index contributed by atoms with van der Waals surface area (Å²) in [5.41, 5.74) is 2.06. The summed E-state index contributed by atoms with van der Waals surface area (Å²) in [4.78, 5) is 2.14. The smallest absolute Gasteiger partial charge is 0.154 e. The normalized spacial score (nSPS) is 26.5. The van der Waals surface area contributed by atoms with Gasteiger partial charge in [0.05, 0.1) is 22.9 Å². The van der Waals surface area contributed by atoms with E-state index in [-0.39, 0.29) is 17.0 Å². The fourth-order valence-corrected chi connectivity index (χ4v) is 5.96. The highest BCUT2D eigenvalue weighted by Gasteiger charge is 2.46. The van der Waals surface area contributed by atoms with E-state index in [0.717, 1.165) is 18.5 Å². The van der Waals surface area contributed by atoms with Crippen LogP contribution in [0.25, 0.3) is 11.3 Å². The highest BCUT2D eigenvalue weighted by molar-refractivity contribution is 7.92. The molecular formula is C16H18FN3O2S. The fraction of sp³-hybridized carbons (Fsp3) is 0.438. The van der Waals surface area contributed by atoms with E-state index in [1.54, 1.807) is 24.4 Å². The largest absolute Gasteiger partial charge is 0.297 e. The quantitative estimate of drug-likeness (QED) is 0.929. The molecule has 1 aromatic heterocycles. The Morgan fingerprint density at radius 3 is 2.91 bits per heavy atom. The van der Waals surface area contributed by atoms with Gasteiger partial charge in [0.1, 0.15) is 5.82 Å². The van der Waals surface area contributed by atoms with Crippen LogP contribution in [0.1, 0.15) is 12.0 Å². The lowest BCUT2D eigenvalue weighted by atomic mass is 10.1. The summed E-state index contributed by atoms with van der Waals surface area (Å²) in [5.74, 6) is 0.269. The monoisotopic (exact) mass is 335 g/mol. The molecule has 122 valence electrons. The Morgan fingerprint density at radius 2 is 2.13 bits per heavy atom. The van der Waals surface area contributed by atoms with Gasteiger partial charge in [0.2, 0.25) is 0 Å². The Morgan fingerprint density at radius 1 is 1.30 bits per heavy atom. The third-order valence-corrected chi connectivity index (χ3v) is 7.21. The lowest BCUT2D eigenvalue weighted by Crippen LogP contribution is -2.26. The lowest BCUT2D eigenvalue weighted by Gasteiger charge is -2.16. The molecule has 0 bridgehead atoms. The number of rotatable bonds is 3. The molecule has 1 N–H and O–H groups in total. The van der Waals surface area contributed by atoms with E-state index < -0.39 is 9.84 Å². The molecule has 0 amide bonds. The van der Waals surface area contributed by atoms with Crippen molar-refractivity contribution in [1.82, 2.24) is 15.1 Å². The van der Waals surface area contributed by atoms with Crippen molar-refractivity contribution in [3.63, 3.8) is 0 Å². The molecule has 4 rings (SSSR count). The average molecular weight is 335 g/mol. The Balaban J connectivity index is 1.56. The molecule has 7 heteroatoms. The fourth-order valence-electron chi connectivity index (χ4n) is 3.78. The molecule has 2 aromatic rings. The van der Waals surface area contributed by atoms with Crippen molar-refractivity contribution in [3.8, 4) is 11.3 Å². The molecule has 2 fully saturated rings. The molecule has 0 spiro atoms. The Kier molecular flexibility index (Phi) is 3.50. The van der Waals surface area contributed by atoms with Crippen molar-refractivity contribution in [3.05, 3.63) is 41.8 Å². The maximum absolute atomic E-state index is 14.0. The molecule has 0 aliphatic carbocycles. The summed E-state index contributed by atoms with van der Waals surface area (Å²) in [6.45, 7) is 1.93. The predicted molar refractivity (Wildman–Crippen MR) is 84.9 cm³/mol. The number of hydrogen-bond donors (Lipinski definition) is 1. The Bertz CT molecular complexity index is 833. The lowest BCUT2D eigenvalue weighted by molar-refractivity contribution is 0.315. The van der Waals surface area contributed by atoms with Gasteiger partial charge < -0.3 is 0 Å². The van der Waals surface area contributed by atoms with Crippen LogP contribution in [0.5, 0.6) is 0 Å². The molecule has 2 atom stereocenters. The number of nitrogens with one attached hydrogen (secondary N) is 1. The molecule has 5 nitrogen and oxygen atoms in total. The molecule has 0 saturated carbocycles. The number of nitrogens with zero attached hydrogens (tertiary/aromatic N) is 2. The second-order valence-corrected chi connectivity index (χ2v) is 8.74. The highest BCUT2D eigenvalue weighted by atomic mass is 32.2. The standard InChI is InChI=1S/C16H18FN3O2S/c17-14-4-2-1-3-13(14)16-12(7-18-19-16)9-20-8-11-5-6-23(21,22)15(11)10-20/h1-4,7,11,15H,5-6,8-10H2,(H,18,19)/t11-,15+/m0/s1. The second kappa shape index (κ2) is 5.42. The average Bonchev–Trinajstić information content (AvgIpc) is 3.19. The van der Waals surface area contributed by atoms with Crippen LogP contribution in [0.4, 0.5) is 4.39 Å². The molecule has 3 heterocycles. The van der Waals surface area contributed by atoms with Crippen molar-refractivity contribution < 1.29 is 12.8 Å². The minimum Gasteiger partial charge on any atom is -0.297 e. The van der Waals surface area contributed by atoms with E-state index in [2.05, 4.69) is 15.1 Å². The van der Waals surface area contributed by atoms with Crippen LogP contribution in [-0.2, 0) is 16.4 Å². The van der Waals surface area contributed by atoms with Crippen molar-refractivity contribution in [2.45, 2.75) is 18.2 Å². The number of likely N-dealkylation sites (tertiary alicyclic amines) is 1. The molecule has 23 heavy (non-hydrogen) atoms. The van der Waals surface area contributed by atoms with Gasteiger partial charge in [-0.3, -0.25) is 10.00 Å². The van der Waals surface area contributed by atoms with Gasteiger partial charge in [-0.25, -0.2) is 12.8 Å². The van der Waals surface area contributed by atoms with E-state index in [1.807, 2.05) is 0 Å². The minimum atomic E-state index is -2.93. The summed E-state index contributed by atoms with van der Waals surface area (Å²) in [6, 6.07) is 6.58. The zero-order chi connectivity index (χ0) is 16.0. The zero-order valence-corrected chi connectivity index (χ0v) is 13.4. The van der Waals surface area contributed by atoms with Crippen LogP contribution in [-0.4, -0.2) is 47.6 Å². The van der Waals surface area contributed by atoms with E-state index in [4.69, 9.17) is 0 Å². The van der Waals surface area contributed by atoms with E-state index >= 15 is 0 Å². The number of fused-ring (bicyclic) bond motifs is 1. The van der Waals surface area contributed by atoms with Crippen LogP contribution in [0.15, 0.2) is 30.5 Å². The molecule has 2 aliphatic rings. The molecule has 0 radical (unpaired) electrons. The highest BCUT2D eigenvalue weighted by Crippen LogP contribution is 2.35. The van der Waals surface area contributed by atoms with Gasteiger partial charge in [-0.1, -0.05) is 12.1 Å². The van der Waals surface area contributed by atoms with Gasteiger partial charge in [-0.05, 0) is 24.5 Å². The maximum Gasteiger partial charge on any atom is 0.154 e. The Labute approximate surface area is 134 Å². The number of H-pyrrole nitrogens is 1. The predicted octanol–water partition coefficient (Wildman–Crippen LogP) is 1.83. The van der Waals surface area contributed by atoms with Gasteiger partial charge >= 0.3 is 0 Å². The number of benzene rings is 1. The van der Waals surface area contributed by atoms with Crippen LogP contribution in [0, 0.1) is 11.7 Å². The van der Waals surface area contributed by atoms with Gasteiger partial charge in [0.25, 0.3) is 0 Å². The third-order valence-electron chi connectivity index (χ3n) is 4.95. The number of aromatic nitrogens is 2. The van der Waals surface area contributed by atoms with E-state index in [0.29, 0.717) is 30.1 Å². The van der Waals surface area contributed by atoms with Gasteiger partial charge in [-0.15, -0.1) is 0 Å². The minimum absolute atomic E-state index is 0.230. The van der Waals surface area contributed by atoms with Crippen LogP contribution >= 0.6 is 0 Å². The van der Waals surface area contributed by atoms with E-state index in [1.165, 1.54) is 6.07 Å². The van der Waals surface area contributed by atoms with Crippen molar-refractivity contribution in [2.75, 3.05) is 18.8 Å². The van der Waals surface area contributed by atoms with E-state index in [9.17, 15) is 12.8 Å². The SMILES string of the molecule is O=S1(=O)CC[C@H]2CN(Cc3cn[nH]c3-c3ccccc3F)C[C@H]21. The summed E-state index contributed by atoms with van der Waals surface area (Å²) in [7, 11) is -2.93. The molecule has 2 aliphatic heterocycles. The second-order valence-electron chi connectivity index (χ2n) is 6.40. The summed E-state index contributed by atoms with van der Waals surface area (Å²) < 4.78 is 38.1. The first-order valence-electron chi connectivity index (χ1n) is 7.75. The van der Waals surface area contributed by atoms with Gasteiger partial charge in [0.15, 0.2) is 9.84 Å². The summed E-state index contributed by atoms with van der Waals surface area (Å²) >= 11 is 0. The number of hydrogen-bond acceptors (Lipinski definition) is 4. The van der Waals surface area contributed by atoms with Crippen molar-refractivity contribution in [2.24, 2.45) is 5.92 Å². The topological polar surface area (TPSA) is 66.1 Å². The number of aromatic amines is 1. The summed E-state index contributed by atoms with van der Waals surface area (Å²) in [6.07, 6.45) is 2.46. The van der Waals surface area contributed by atoms with Gasteiger partial charge in [0, 0.05) is 30.8 Å².